The Hall–Kier alpha value is -1.53. The van der Waals surface area contributed by atoms with Crippen LogP contribution in [0.15, 0.2) is 24.4 Å². The monoisotopic (exact) mass is 303 g/mol. The highest BCUT2D eigenvalue weighted by Crippen LogP contribution is 2.17. The van der Waals surface area contributed by atoms with Crippen LogP contribution >= 0.6 is 12.2 Å². The number of nitrogens with one attached hydrogen (secondary N) is 1. The Bertz CT molecular complexity index is 627. The molecular formula is C15H21N5S. The summed E-state index contributed by atoms with van der Waals surface area (Å²) in [6, 6.07) is 5.84. The van der Waals surface area contributed by atoms with Crippen molar-refractivity contribution in [2.24, 2.45) is 5.92 Å². The first-order valence-electron chi connectivity index (χ1n) is 7.53. The molecule has 0 bridgehead atoms. The quantitative estimate of drug-likeness (QED) is 0.863. The van der Waals surface area contributed by atoms with Crippen molar-refractivity contribution in [3.05, 3.63) is 29.2 Å². The molecule has 2 aromatic rings. The minimum absolute atomic E-state index is 0.537. The van der Waals surface area contributed by atoms with E-state index in [-0.39, 0.29) is 0 Å². The van der Waals surface area contributed by atoms with Gasteiger partial charge < -0.3 is 4.90 Å². The molecule has 1 atom stereocenters. The van der Waals surface area contributed by atoms with Gasteiger partial charge in [0.2, 0.25) is 0 Å². The van der Waals surface area contributed by atoms with Crippen molar-refractivity contribution in [2.75, 3.05) is 19.6 Å². The standard InChI is InChI=1S/C15H21N5S/c1-12(10-19-8-4-5-9-19)11-20-14(17-18-15(20)21)13-6-2-3-7-16-13/h2-3,6-7,12H,4-5,8-11H2,1H3,(H,18,21). The summed E-state index contributed by atoms with van der Waals surface area (Å²) in [5.74, 6) is 1.36. The third-order valence-electron chi connectivity index (χ3n) is 3.92. The summed E-state index contributed by atoms with van der Waals surface area (Å²) < 4.78 is 2.74. The molecule has 1 N–H and O–H groups in total. The molecule has 0 saturated carbocycles. The predicted molar refractivity (Wildman–Crippen MR) is 85.5 cm³/mol. The third-order valence-corrected chi connectivity index (χ3v) is 4.23. The van der Waals surface area contributed by atoms with Crippen LogP contribution in [0.5, 0.6) is 0 Å². The molecule has 0 aromatic carbocycles. The summed E-state index contributed by atoms with van der Waals surface area (Å²) in [6.07, 6.45) is 4.44. The zero-order valence-corrected chi connectivity index (χ0v) is 13.1. The number of hydrogen-bond donors (Lipinski definition) is 1. The fourth-order valence-corrected chi connectivity index (χ4v) is 3.16. The summed E-state index contributed by atoms with van der Waals surface area (Å²) >= 11 is 5.38. The average molecular weight is 303 g/mol. The van der Waals surface area contributed by atoms with Gasteiger partial charge in [-0.05, 0) is 56.2 Å². The van der Waals surface area contributed by atoms with Gasteiger partial charge in [-0.25, -0.2) is 0 Å². The van der Waals surface area contributed by atoms with E-state index in [0.29, 0.717) is 10.7 Å². The molecule has 112 valence electrons. The van der Waals surface area contributed by atoms with Gasteiger partial charge in [-0.15, -0.1) is 0 Å². The number of aromatic amines is 1. The van der Waals surface area contributed by atoms with Gasteiger partial charge in [0, 0.05) is 19.3 Å². The fourth-order valence-electron chi connectivity index (χ4n) is 2.95. The molecule has 0 amide bonds. The molecule has 5 nitrogen and oxygen atoms in total. The largest absolute Gasteiger partial charge is 0.303 e. The minimum Gasteiger partial charge on any atom is -0.303 e. The van der Waals surface area contributed by atoms with Crippen LogP contribution in [-0.2, 0) is 6.54 Å². The van der Waals surface area contributed by atoms with Gasteiger partial charge in [0.15, 0.2) is 10.6 Å². The van der Waals surface area contributed by atoms with Crippen LogP contribution in [0, 0.1) is 10.7 Å². The van der Waals surface area contributed by atoms with Crippen LogP contribution in [0.4, 0.5) is 0 Å². The summed E-state index contributed by atoms with van der Waals surface area (Å²) in [7, 11) is 0. The van der Waals surface area contributed by atoms with Crippen molar-refractivity contribution in [1.82, 2.24) is 24.6 Å². The highest BCUT2D eigenvalue weighted by Gasteiger charge is 2.17. The van der Waals surface area contributed by atoms with Gasteiger partial charge >= 0.3 is 0 Å². The summed E-state index contributed by atoms with van der Waals surface area (Å²) in [5, 5.41) is 7.24. The second kappa shape index (κ2) is 6.49. The Balaban J connectivity index is 1.76. The second-order valence-electron chi connectivity index (χ2n) is 5.79. The first kappa shape index (κ1) is 14.4. The molecule has 1 fully saturated rings. The SMILES string of the molecule is CC(CN1CCCC1)Cn1c(-c2ccccn2)n[nH]c1=S. The second-order valence-corrected chi connectivity index (χ2v) is 6.18. The number of H-pyrrole nitrogens is 1. The van der Waals surface area contributed by atoms with Gasteiger partial charge in [0.1, 0.15) is 5.69 Å². The molecule has 1 aliphatic heterocycles. The van der Waals surface area contributed by atoms with Crippen LogP contribution in [-0.4, -0.2) is 44.3 Å². The molecule has 21 heavy (non-hydrogen) atoms. The molecule has 0 aliphatic carbocycles. The van der Waals surface area contributed by atoms with E-state index in [4.69, 9.17) is 12.2 Å². The van der Waals surface area contributed by atoms with Crippen molar-refractivity contribution in [1.29, 1.82) is 0 Å². The van der Waals surface area contributed by atoms with Gasteiger partial charge in [-0.2, -0.15) is 5.10 Å². The lowest BCUT2D eigenvalue weighted by Gasteiger charge is -2.20. The van der Waals surface area contributed by atoms with Crippen LogP contribution < -0.4 is 0 Å². The molecule has 1 unspecified atom stereocenters. The van der Waals surface area contributed by atoms with E-state index in [1.807, 2.05) is 18.2 Å². The fraction of sp³-hybridized carbons (Fsp3) is 0.533. The topological polar surface area (TPSA) is 49.7 Å². The first-order chi connectivity index (χ1) is 10.2. The summed E-state index contributed by atoms with van der Waals surface area (Å²) in [4.78, 5) is 6.91. The summed E-state index contributed by atoms with van der Waals surface area (Å²) in [6.45, 7) is 6.73. The number of hydrogen-bond acceptors (Lipinski definition) is 4. The van der Waals surface area contributed by atoms with Crippen molar-refractivity contribution < 1.29 is 0 Å². The zero-order chi connectivity index (χ0) is 14.7. The molecule has 3 rings (SSSR count). The van der Waals surface area contributed by atoms with Gasteiger partial charge in [-0.1, -0.05) is 13.0 Å². The van der Waals surface area contributed by atoms with E-state index in [1.54, 1.807) is 6.20 Å². The lowest BCUT2D eigenvalue weighted by atomic mass is 10.1. The van der Waals surface area contributed by atoms with Crippen molar-refractivity contribution >= 4 is 12.2 Å². The number of rotatable bonds is 5. The maximum Gasteiger partial charge on any atom is 0.195 e. The van der Waals surface area contributed by atoms with Crippen LogP contribution in [0.1, 0.15) is 19.8 Å². The van der Waals surface area contributed by atoms with Crippen molar-refractivity contribution in [3.63, 3.8) is 0 Å². The third kappa shape index (κ3) is 3.39. The molecule has 3 heterocycles. The van der Waals surface area contributed by atoms with Crippen LogP contribution in [0.25, 0.3) is 11.5 Å². The van der Waals surface area contributed by atoms with Crippen LogP contribution in [0.3, 0.4) is 0 Å². The predicted octanol–water partition coefficient (Wildman–Crippen LogP) is 2.73. The van der Waals surface area contributed by atoms with Crippen molar-refractivity contribution in [3.8, 4) is 11.5 Å². The molecule has 0 spiro atoms. The molecular weight excluding hydrogens is 282 g/mol. The molecule has 2 aromatic heterocycles. The lowest BCUT2D eigenvalue weighted by Crippen LogP contribution is -2.27. The Kier molecular flexibility index (Phi) is 4.45. The van der Waals surface area contributed by atoms with Gasteiger partial charge in [-0.3, -0.25) is 14.6 Å². The highest BCUT2D eigenvalue weighted by molar-refractivity contribution is 7.71. The number of pyridine rings is 1. The number of likely N-dealkylation sites (tertiary alicyclic amines) is 1. The molecule has 0 radical (unpaired) electrons. The minimum atomic E-state index is 0.537. The molecule has 1 saturated heterocycles. The van der Waals surface area contributed by atoms with Crippen LogP contribution in [0.2, 0.25) is 0 Å². The lowest BCUT2D eigenvalue weighted by molar-refractivity contribution is 0.271. The van der Waals surface area contributed by atoms with E-state index in [9.17, 15) is 0 Å². The Labute approximate surface area is 130 Å². The normalized spacial score (nSPS) is 17.2. The number of aromatic nitrogens is 4. The van der Waals surface area contributed by atoms with E-state index < -0.39 is 0 Å². The van der Waals surface area contributed by atoms with E-state index >= 15 is 0 Å². The molecule has 6 heteroatoms. The van der Waals surface area contributed by atoms with Crippen molar-refractivity contribution in [2.45, 2.75) is 26.3 Å². The maximum atomic E-state index is 5.38. The maximum absolute atomic E-state index is 5.38. The Morgan fingerprint density at radius 1 is 1.29 bits per heavy atom. The van der Waals surface area contributed by atoms with Gasteiger partial charge in [0.05, 0.1) is 0 Å². The Morgan fingerprint density at radius 2 is 2.10 bits per heavy atom. The highest BCUT2D eigenvalue weighted by atomic mass is 32.1. The van der Waals surface area contributed by atoms with E-state index in [2.05, 4.69) is 31.6 Å². The van der Waals surface area contributed by atoms with E-state index in [0.717, 1.165) is 24.6 Å². The average Bonchev–Trinajstić information content (AvgIpc) is 3.11. The zero-order valence-electron chi connectivity index (χ0n) is 12.3. The Morgan fingerprint density at radius 3 is 2.81 bits per heavy atom. The number of nitrogens with zero attached hydrogens (tertiary/aromatic N) is 4. The molecule has 1 aliphatic rings. The smallest absolute Gasteiger partial charge is 0.195 e. The van der Waals surface area contributed by atoms with Gasteiger partial charge in [0.25, 0.3) is 0 Å². The summed E-state index contributed by atoms with van der Waals surface area (Å²) in [5.41, 5.74) is 0.859. The van der Waals surface area contributed by atoms with E-state index in [1.165, 1.54) is 25.9 Å². The first-order valence-corrected chi connectivity index (χ1v) is 7.94.